The standard InChI is InChI=1S/C36H30O16/c37-20-5-1-15(9-24(20)41)11-27(33(45)46)51-35(49)19-13-17-4-8-23(40)32(44)30(17)31(29(19)18-3-7-22(39)26(43)14-18)36(50)52-28(34(47)48)12-16-2-6-21(38)25(42)10-16/h1-10,13-14,27-29,31,37-44H,11-12H2,(H,45,46)(H,47,48)/t27-,28-,29-,31-/m1/s1. The molecule has 0 saturated heterocycles. The first-order valence-corrected chi connectivity index (χ1v) is 15.2. The molecule has 52 heavy (non-hydrogen) atoms. The maximum absolute atomic E-state index is 14.2. The Morgan fingerprint density at radius 2 is 1.06 bits per heavy atom. The zero-order chi connectivity index (χ0) is 38.0. The van der Waals surface area contributed by atoms with Crippen LogP contribution in [0.15, 0.2) is 72.3 Å². The monoisotopic (exact) mass is 718 g/mol. The fraction of sp³-hybridized carbons (Fsp3) is 0.167. The van der Waals surface area contributed by atoms with Crippen molar-refractivity contribution in [3.8, 4) is 46.0 Å². The smallest absolute Gasteiger partial charge is 0.345 e. The number of esters is 2. The zero-order valence-corrected chi connectivity index (χ0v) is 26.6. The van der Waals surface area contributed by atoms with Crippen molar-refractivity contribution in [2.24, 2.45) is 0 Å². The molecule has 0 saturated carbocycles. The SMILES string of the molecule is O=C(O[C@H](Cc1ccc(O)c(O)c1)C(=O)O)C1=Cc2ccc(O)c(O)c2[C@H](C(=O)O[C@H](Cc2ccc(O)c(O)c2)C(=O)O)[C@@H]1c1ccc(O)c(O)c1. The molecule has 4 atom stereocenters. The van der Waals surface area contributed by atoms with Crippen molar-refractivity contribution in [1.29, 1.82) is 0 Å². The summed E-state index contributed by atoms with van der Waals surface area (Å²) in [6.07, 6.45) is -3.80. The number of aliphatic carboxylic acids is 2. The molecule has 0 radical (unpaired) electrons. The topological polar surface area (TPSA) is 289 Å². The molecule has 4 aromatic rings. The number of fused-ring (bicyclic) bond motifs is 1. The average molecular weight is 719 g/mol. The lowest BCUT2D eigenvalue weighted by atomic mass is 9.71. The van der Waals surface area contributed by atoms with Gasteiger partial charge in [-0.15, -0.1) is 0 Å². The number of ether oxygens (including phenoxy) is 2. The Morgan fingerprint density at radius 3 is 1.56 bits per heavy atom. The Labute approximate surface area is 292 Å². The summed E-state index contributed by atoms with van der Waals surface area (Å²) in [6.45, 7) is 0. The third kappa shape index (κ3) is 7.40. The first-order chi connectivity index (χ1) is 24.5. The summed E-state index contributed by atoms with van der Waals surface area (Å²) in [5, 5.41) is 101. The lowest BCUT2D eigenvalue weighted by Crippen LogP contribution is -2.37. The van der Waals surface area contributed by atoms with E-state index in [0.717, 1.165) is 48.5 Å². The van der Waals surface area contributed by atoms with E-state index in [1.807, 2.05) is 0 Å². The summed E-state index contributed by atoms with van der Waals surface area (Å²) in [5.41, 5.74) is -0.735. The molecular weight excluding hydrogens is 688 g/mol. The van der Waals surface area contributed by atoms with Crippen LogP contribution in [0.3, 0.4) is 0 Å². The van der Waals surface area contributed by atoms with Gasteiger partial charge in [0.15, 0.2) is 46.0 Å². The van der Waals surface area contributed by atoms with Crippen LogP contribution in [0.25, 0.3) is 6.08 Å². The van der Waals surface area contributed by atoms with Crippen LogP contribution in [0, 0.1) is 0 Å². The van der Waals surface area contributed by atoms with Crippen molar-refractivity contribution in [3.63, 3.8) is 0 Å². The van der Waals surface area contributed by atoms with Crippen molar-refractivity contribution in [3.05, 3.63) is 100 Å². The molecule has 1 aliphatic carbocycles. The lowest BCUT2D eigenvalue weighted by molar-refractivity contribution is -0.165. The number of phenolic OH excluding ortho intramolecular Hbond substituents is 8. The summed E-state index contributed by atoms with van der Waals surface area (Å²) >= 11 is 0. The molecule has 0 aliphatic heterocycles. The number of phenols is 8. The molecule has 4 aromatic carbocycles. The fourth-order valence-corrected chi connectivity index (χ4v) is 5.80. The van der Waals surface area contributed by atoms with Gasteiger partial charge >= 0.3 is 23.9 Å². The summed E-state index contributed by atoms with van der Waals surface area (Å²) in [4.78, 5) is 52.7. The molecule has 0 bridgehead atoms. The Hall–Kier alpha value is -7.10. The second-order valence-corrected chi connectivity index (χ2v) is 11.8. The highest BCUT2D eigenvalue weighted by Crippen LogP contribution is 2.52. The number of carbonyl (C=O) groups excluding carboxylic acids is 2. The van der Waals surface area contributed by atoms with Crippen LogP contribution in [0.4, 0.5) is 0 Å². The Kier molecular flexibility index (Phi) is 10.0. The van der Waals surface area contributed by atoms with Gasteiger partial charge in [-0.1, -0.05) is 24.3 Å². The molecule has 0 amide bonds. The molecule has 270 valence electrons. The van der Waals surface area contributed by atoms with E-state index >= 15 is 0 Å². The molecule has 0 heterocycles. The van der Waals surface area contributed by atoms with Gasteiger partial charge in [-0.05, 0) is 70.8 Å². The van der Waals surface area contributed by atoms with Crippen molar-refractivity contribution >= 4 is 30.0 Å². The molecular formula is C36H30O16. The van der Waals surface area contributed by atoms with Gasteiger partial charge in [0.1, 0.15) is 0 Å². The summed E-state index contributed by atoms with van der Waals surface area (Å²) in [7, 11) is 0. The second kappa shape index (κ2) is 14.4. The summed E-state index contributed by atoms with van der Waals surface area (Å²) in [5.74, 6) is -14.6. The van der Waals surface area contributed by atoms with E-state index in [9.17, 15) is 70.2 Å². The number of hydrogen-bond acceptors (Lipinski definition) is 14. The first kappa shape index (κ1) is 36.2. The van der Waals surface area contributed by atoms with Gasteiger partial charge in [0, 0.05) is 29.9 Å². The van der Waals surface area contributed by atoms with Crippen LogP contribution < -0.4 is 0 Å². The molecule has 16 heteroatoms. The molecule has 16 nitrogen and oxygen atoms in total. The number of rotatable bonds is 11. The van der Waals surface area contributed by atoms with Crippen LogP contribution >= 0.6 is 0 Å². The second-order valence-electron chi connectivity index (χ2n) is 11.8. The maximum Gasteiger partial charge on any atom is 0.345 e. The Morgan fingerprint density at radius 1 is 0.577 bits per heavy atom. The van der Waals surface area contributed by atoms with Crippen molar-refractivity contribution in [1.82, 2.24) is 0 Å². The van der Waals surface area contributed by atoms with Crippen LogP contribution in [0.2, 0.25) is 0 Å². The van der Waals surface area contributed by atoms with Gasteiger partial charge in [0.05, 0.1) is 5.92 Å². The van der Waals surface area contributed by atoms with E-state index in [2.05, 4.69) is 0 Å². The minimum absolute atomic E-state index is 0.0749. The van der Waals surface area contributed by atoms with Gasteiger partial charge < -0.3 is 60.5 Å². The molecule has 10 N–H and O–H groups in total. The number of carbonyl (C=O) groups is 4. The highest BCUT2D eigenvalue weighted by atomic mass is 16.6. The summed E-state index contributed by atoms with van der Waals surface area (Å²) < 4.78 is 10.8. The van der Waals surface area contributed by atoms with Gasteiger partial charge in [0.25, 0.3) is 0 Å². The number of carboxylic acids is 2. The van der Waals surface area contributed by atoms with Gasteiger partial charge in [-0.25, -0.2) is 14.4 Å². The van der Waals surface area contributed by atoms with Crippen molar-refractivity contribution < 1.29 is 79.7 Å². The molecule has 5 rings (SSSR count). The van der Waals surface area contributed by atoms with Crippen molar-refractivity contribution in [2.75, 3.05) is 0 Å². The molecule has 0 fully saturated rings. The van der Waals surface area contributed by atoms with Gasteiger partial charge in [-0.2, -0.15) is 0 Å². The van der Waals surface area contributed by atoms with Crippen molar-refractivity contribution in [2.45, 2.75) is 36.9 Å². The van der Waals surface area contributed by atoms with Gasteiger partial charge in [-0.3, -0.25) is 4.79 Å². The number of carboxylic acid groups (broad SMARTS) is 2. The maximum atomic E-state index is 14.2. The first-order valence-electron chi connectivity index (χ1n) is 15.2. The van der Waals surface area contributed by atoms with E-state index < -0.39 is 112 Å². The zero-order valence-electron chi connectivity index (χ0n) is 26.6. The third-order valence-electron chi connectivity index (χ3n) is 8.35. The fourth-order valence-electron chi connectivity index (χ4n) is 5.80. The number of aromatic hydroxyl groups is 8. The van der Waals surface area contributed by atoms with Gasteiger partial charge in [0.2, 0.25) is 12.2 Å². The average Bonchev–Trinajstić information content (AvgIpc) is 3.09. The predicted molar refractivity (Wildman–Crippen MR) is 175 cm³/mol. The Balaban J connectivity index is 1.61. The summed E-state index contributed by atoms with van der Waals surface area (Å²) in [6, 6.07) is 12.1. The van der Waals surface area contributed by atoms with Crippen LogP contribution in [-0.4, -0.2) is 87.2 Å². The highest BCUT2D eigenvalue weighted by molar-refractivity contribution is 6.01. The minimum atomic E-state index is -1.97. The van der Waals surface area contributed by atoms with E-state index in [1.165, 1.54) is 24.3 Å². The molecule has 0 aromatic heterocycles. The van der Waals surface area contributed by atoms with E-state index in [4.69, 9.17) is 9.47 Å². The molecule has 0 spiro atoms. The van der Waals surface area contributed by atoms with Crippen LogP contribution in [-0.2, 0) is 41.5 Å². The quantitative estimate of drug-likeness (QED) is 0.0787. The van der Waals surface area contributed by atoms with E-state index in [0.29, 0.717) is 0 Å². The third-order valence-corrected chi connectivity index (χ3v) is 8.35. The van der Waals surface area contributed by atoms with Crippen LogP contribution in [0.5, 0.6) is 46.0 Å². The minimum Gasteiger partial charge on any atom is -0.504 e. The molecule has 1 aliphatic rings. The lowest BCUT2D eigenvalue weighted by Gasteiger charge is -2.34. The van der Waals surface area contributed by atoms with E-state index in [1.54, 1.807) is 0 Å². The predicted octanol–water partition coefficient (Wildman–Crippen LogP) is 3.07. The number of benzene rings is 4. The molecule has 0 unspecified atom stereocenters. The highest BCUT2D eigenvalue weighted by Gasteiger charge is 2.46. The van der Waals surface area contributed by atoms with Crippen LogP contribution in [0.1, 0.15) is 39.7 Å². The number of hydrogen-bond donors (Lipinski definition) is 10. The Bertz CT molecular complexity index is 2120. The van der Waals surface area contributed by atoms with E-state index in [-0.39, 0.29) is 27.8 Å². The largest absolute Gasteiger partial charge is 0.504 e. The normalized spacial score (nSPS) is 16.1.